The lowest BCUT2D eigenvalue weighted by molar-refractivity contribution is -0.119. The van der Waals surface area contributed by atoms with E-state index in [2.05, 4.69) is 17.4 Å². The van der Waals surface area contributed by atoms with Crippen LogP contribution in [0.4, 0.5) is 11.4 Å². The van der Waals surface area contributed by atoms with E-state index in [9.17, 15) is 9.59 Å². The lowest BCUT2D eigenvalue weighted by atomic mass is 10.1. The van der Waals surface area contributed by atoms with Gasteiger partial charge in [-0.25, -0.2) is 0 Å². The number of carbonyl (C=O) groups is 2. The molecular formula is C22H22N2O2. The Balaban J connectivity index is 1.29. The second-order valence-corrected chi connectivity index (χ2v) is 7.71. The van der Waals surface area contributed by atoms with Gasteiger partial charge in [0.25, 0.3) is 0 Å². The van der Waals surface area contributed by atoms with Crippen molar-refractivity contribution in [1.82, 2.24) is 0 Å². The summed E-state index contributed by atoms with van der Waals surface area (Å²) in [7, 11) is 0. The molecule has 0 aromatic heterocycles. The lowest BCUT2D eigenvalue weighted by Crippen LogP contribution is -2.30. The molecule has 2 unspecified atom stereocenters. The minimum absolute atomic E-state index is 0.0508. The molecule has 1 N–H and O–H groups in total. The zero-order valence-electron chi connectivity index (χ0n) is 14.7. The van der Waals surface area contributed by atoms with E-state index in [1.807, 2.05) is 41.3 Å². The quantitative estimate of drug-likeness (QED) is 0.917. The first-order chi connectivity index (χ1) is 12.7. The Morgan fingerprint density at radius 1 is 1.04 bits per heavy atom. The molecule has 1 aliphatic heterocycles. The second-order valence-electron chi connectivity index (χ2n) is 7.71. The van der Waals surface area contributed by atoms with E-state index in [-0.39, 0.29) is 23.7 Å². The van der Waals surface area contributed by atoms with Gasteiger partial charge in [-0.1, -0.05) is 36.4 Å². The third-order valence-electron chi connectivity index (χ3n) is 5.80. The molecule has 2 saturated carbocycles. The van der Waals surface area contributed by atoms with Gasteiger partial charge in [0.1, 0.15) is 0 Å². The molecule has 2 amide bonds. The van der Waals surface area contributed by atoms with Crippen molar-refractivity contribution in [2.24, 2.45) is 11.8 Å². The summed E-state index contributed by atoms with van der Waals surface area (Å²) in [6.07, 6.45) is 3.85. The molecule has 2 aliphatic carbocycles. The fourth-order valence-electron chi connectivity index (χ4n) is 4.02. The standard InChI is InChI=1S/C22H22N2O2/c25-21(19-13-18(19)14-4-2-1-3-5-14)23-17-9-8-15-10-11-24(20(15)12-17)22(26)16-6-7-16/h1-5,8-9,12,16,18-19H,6-7,10-11,13H2,(H,23,25). The van der Waals surface area contributed by atoms with Crippen molar-refractivity contribution in [1.29, 1.82) is 0 Å². The Labute approximate surface area is 153 Å². The Bertz CT molecular complexity index is 873. The zero-order valence-corrected chi connectivity index (χ0v) is 14.7. The van der Waals surface area contributed by atoms with Gasteiger partial charge < -0.3 is 10.2 Å². The third kappa shape index (κ3) is 2.79. The van der Waals surface area contributed by atoms with E-state index in [4.69, 9.17) is 0 Å². The summed E-state index contributed by atoms with van der Waals surface area (Å²) in [5.41, 5.74) is 4.21. The number of amides is 2. The van der Waals surface area contributed by atoms with Gasteiger partial charge in [0.05, 0.1) is 0 Å². The normalized spacial score (nSPS) is 23.5. The molecule has 2 fully saturated rings. The van der Waals surface area contributed by atoms with E-state index >= 15 is 0 Å². The summed E-state index contributed by atoms with van der Waals surface area (Å²) < 4.78 is 0. The second kappa shape index (κ2) is 5.97. The molecule has 4 heteroatoms. The minimum atomic E-state index is 0.0508. The fraction of sp³-hybridized carbons (Fsp3) is 0.364. The summed E-state index contributed by atoms with van der Waals surface area (Å²) in [5.74, 6) is 0.932. The van der Waals surface area contributed by atoms with E-state index in [0.717, 1.165) is 43.6 Å². The first kappa shape index (κ1) is 15.6. The lowest BCUT2D eigenvalue weighted by Gasteiger charge is -2.18. The third-order valence-corrected chi connectivity index (χ3v) is 5.80. The van der Waals surface area contributed by atoms with E-state index < -0.39 is 0 Å². The van der Waals surface area contributed by atoms with E-state index in [1.165, 1.54) is 11.1 Å². The van der Waals surface area contributed by atoms with Gasteiger partial charge in [-0.3, -0.25) is 9.59 Å². The maximum absolute atomic E-state index is 12.6. The average Bonchev–Trinajstić information content (AvgIpc) is 3.58. The first-order valence-electron chi connectivity index (χ1n) is 9.51. The molecule has 3 aliphatic rings. The van der Waals surface area contributed by atoms with Crippen molar-refractivity contribution >= 4 is 23.2 Å². The molecule has 0 spiro atoms. The van der Waals surface area contributed by atoms with Crippen molar-refractivity contribution in [2.45, 2.75) is 31.6 Å². The molecule has 1 heterocycles. The summed E-state index contributed by atoms with van der Waals surface area (Å²) in [6.45, 7) is 0.765. The van der Waals surface area contributed by atoms with Crippen LogP contribution in [0.15, 0.2) is 48.5 Å². The maximum Gasteiger partial charge on any atom is 0.230 e. The molecule has 0 saturated heterocycles. The summed E-state index contributed by atoms with van der Waals surface area (Å²) in [6, 6.07) is 16.2. The van der Waals surface area contributed by atoms with E-state index in [0.29, 0.717) is 5.92 Å². The van der Waals surface area contributed by atoms with Crippen molar-refractivity contribution in [3.63, 3.8) is 0 Å². The van der Waals surface area contributed by atoms with Crippen LogP contribution in [0, 0.1) is 11.8 Å². The van der Waals surface area contributed by atoms with Crippen molar-refractivity contribution < 1.29 is 9.59 Å². The predicted molar refractivity (Wildman–Crippen MR) is 101 cm³/mol. The number of hydrogen-bond donors (Lipinski definition) is 1. The Morgan fingerprint density at radius 2 is 1.85 bits per heavy atom. The van der Waals surface area contributed by atoms with Crippen LogP contribution in [0.1, 0.15) is 36.3 Å². The van der Waals surface area contributed by atoms with Gasteiger partial charge in [0, 0.05) is 29.8 Å². The Morgan fingerprint density at radius 3 is 2.62 bits per heavy atom. The molecule has 4 nitrogen and oxygen atoms in total. The van der Waals surface area contributed by atoms with Crippen molar-refractivity contribution in [3.8, 4) is 0 Å². The molecular weight excluding hydrogens is 324 g/mol. The van der Waals surface area contributed by atoms with Gasteiger partial charge >= 0.3 is 0 Å². The number of nitrogens with one attached hydrogen (secondary N) is 1. The Hall–Kier alpha value is -2.62. The summed E-state index contributed by atoms with van der Waals surface area (Å²) in [5, 5.41) is 3.06. The predicted octanol–water partition coefficient (Wildman–Crippen LogP) is 3.73. The number of benzene rings is 2. The molecule has 132 valence electrons. The average molecular weight is 346 g/mol. The highest BCUT2D eigenvalue weighted by atomic mass is 16.2. The van der Waals surface area contributed by atoms with Crippen LogP contribution in [-0.4, -0.2) is 18.4 Å². The monoisotopic (exact) mass is 346 g/mol. The smallest absolute Gasteiger partial charge is 0.230 e. The number of anilines is 2. The van der Waals surface area contributed by atoms with E-state index in [1.54, 1.807) is 0 Å². The van der Waals surface area contributed by atoms with Crippen molar-refractivity contribution in [2.75, 3.05) is 16.8 Å². The fourth-order valence-corrected chi connectivity index (χ4v) is 4.02. The topological polar surface area (TPSA) is 49.4 Å². The molecule has 2 aromatic carbocycles. The van der Waals surface area contributed by atoms with Crippen LogP contribution in [0.25, 0.3) is 0 Å². The molecule has 2 atom stereocenters. The Kier molecular flexibility index (Phi) is 3.59. The van der Waals surface area contributed by atoms with Crippen molar-refractivity contribution in [3.05, 3.63) is 59.7 Å². The van der Waals surface area contributed by atoms with Crippen LogP contribution in [0.5, 0.6) is 0 Å². The molecule has 26 heavy (non-hydrogen) atoms. The molecule has 2 aromatic rings. The largest absolute Gasteiger partial charge is 0.326 e. The zero-order chi connectivity index (χ0) is 17.7. The number of nitrogens with zero attached hydrogens (tertiary/aromatic N) is 1. The van der Waals surface area contributed by atoms with Gasteiger partial charge in [-0.2, -0.15) is 0 Å². The minimum Gasteiger partial charge on any atom is -0.326 e. The van der Waals surface area contributed by atoms with Gasteiger partial charge in [-0.05, 0) is 54.9 Å². The highest BCUT2D eigenvalue weighted by Crippen LogP contribution is 2.48. The molecule has 0 bridgehead atoms. The first-order valence-corrected chi connectivity index (χ1v) is 9.51. The highest BCUT2D eigenvalue weighted by Gasteiger charge is 2.44. The van der Waals surface area contributed by atoms with Crippen LogP contribution in [0.2, 0.25) is 0 Å². The van der Waals surface area contributed by atoms with Gasteiger partial charge in [0.15, 0.2) is 0 Å². The SMILES string of the molecule is O=C(Nc1ccc2c(c1)N(C(=O)C1CC1)CC2)C1CC1c1ccccc1. The van der Waals surface area contributed by atoms with Crippen LogP contribution < -0.4 is 10.2 Å². The number of fused-ring (bicyclic) bond motifs is 1. The number of carbonyl (C=O) groups excluding carboxylic acids is 2. The molecule has 0 radical (unpaired) electrons. The number of hydrogen-bond acceptors (Lipinski definition) is 2. The van der Waals surface area contributed by atoms with Gasteiger partial charge in [-0.15, -0.1) is 0 Å². The summed E-state index contributed by atoms with van der Waals surface area (Å²) in [4.78, 5) is 27.0. The highest BCUT2D eigenvalue weighted by molar-refractivity contribution is 6.00. The molecule has 5 rings (SSSR count). The van der Waals surface area contributed by atoms with Crippen LogP contribution in [-0.2, 0) is 16.0 Å². The van der Waals surface area contributed by atoms with Gasteiger partial charge in [0.2, 0.25) is 11.8 Å². The maximum atomic E-state index is 12.6. The number of rotatable bonds is 4. The summed E-state index contributed by atoms with van der Waals surface area (Å²) >= 11 is 0. The van der Waals surface area contributed by atoms with Crippen LogP contribution in [0.3, 0.4) is 0 Å². The van der Waals surface area contributed by atoms with Crippen LogP contribution >= 0.6 is 0 Å².